The van der Waals surface area contributed by atoms with E-state index in [2.05, 4.69) is 85.0 Å². The third-order valence-corrected chi connectivity index (χ3v) is 5.04. The normalized spacial score (nSPS) is 10.7. The van der Waals surface area contributed by atoms with E-state index in [-0.39, 0.29) is 0 Å². The Hall–Kier alpha value is -3.46. The number of hydrogen-bond donors (Lipinski definition) is 1. The summed E-state index contributed by atoms with van der Waals surface area (Å²) < 4.78 is 11.7. The van der Waals surface area contributed by atoms with Gasteiger partial charge >= 0.3 is 0 Å². The zero-order valence-corrected chi connectivity index (χ0v) is 16.8. The van der Waals surface area contributed by atoms with Crippen molar-refractivity contribution >= 4 is 16.5 Å². The van der Waals surface area contributed by atoms with Crippen molar-refractivity contribution in [2.24, 2.45) is 0 Å². The molecule has 0 fully saturated rings. The SMILES string of the molecule is COc1cc(CNc2ccc(C)cc2)ccc1OCc1cccc2ccccc12. The van der Waals surface area contributed by atoms with Gasteiger partial charge < -0.3 is 14.8 Å². The second-order valence-corrected chi connectivity index (χ2v) is 7.13. The molecule has 1 N–H and O–H groups in total. The summed E-state index contributed by atoms with van der Waals surface area (Å²) in [4.78, 5) is 0. The predicted octanol–water partition coefficient (Wildman–Crippen LogP) is 6.35. The molecule has 0 aromatic heterocycles. The third kappa shape index (κ3) is 4.52. The van der Waals surface area contributed by atoms with E-state index in [0.717, 1.165) is 34.9 Å². The quantitative estimate of drug-likeness (QED) is 0.403. The van der Waals surface area contributed by atoms with E-state index in [1.54, 1.807) is 7.11 Å². The molecule has 0 heterocycles. The number of anilines is 1. The van der Waals surface area contributed by atoms with Crippen molar-refractivity contribution in [3.8, 4) is 11.5 Å². The van der Waals surface area contributed by atoms with Gasteiger partial charge in [-0.1, -0.05) is 66.2 Å². The lowest BCUT2D eigenvalue weighted by atomic mass is 10.1. The molecule has 0 aliphatic rings. The van der Waals surface area contributed by atoms with Crippen LogP contribution in [-0.4, -0.2) is 7.11 Å². The Kier molecular flexibility index (Phi) is 5.66. The summed E-state index contributed by atoms with van der Waals surface area (Å²) in [6.07, 6.45) is 0. The first kappa shape index (κ1) is 18.9. The van der Waals surface area contributed by atoms with Crippen LogP contribution in [0, 0.1) is 6.92 Å². The van der Waals surface area contributed by atoms with E-state index < -0.39 is 0 Å². The molecule has 0 aliphatic heterocycles. The van der Waals surface area contributed by atoms with Gasteiger partial charge in [0.05, 0.1) is 7.11 Å². The number of ether oxygens (including phenoxy) is 2. The lowest BCUT2D eigenvalue weighted by molar-refractivity contribution is 0.285. The molecular weight excluding hydrogens is 358 g/mol. The molecular formula is C26H25NO2. The van der Waals surface area contributed by atoms with Gasteiger partial charge in [0.1, 0.15) is 6.61 Å². The molecule has 0 aliphatic carbocycles. The predicted molar refractivity (Wildman–Crippen MR) is 120 cm³/mol. The van der Waals surface area contributed by atoms with Crippen molar-refractivity contribution in [3.05, 3.63) is 102 Å². The van der Waals surface area contributed by atoms with Gasteiger partial charge in [0.2, 0.25) is 0 Å². The Morgan fingerprint density at radius 2 is 1.59 bits per heavy atom. The molecule has 4 rings (SSSR count). The zero-order chi connectivity index (χ0) is 20.1. The molecule has 0 saturated heterocycles. The first-order chi connectivity index (χ1) is 14.2. The maximum absolute atomic E-state index is 6.11. The summed E-state index contributed by atoms with van der Waals surface area (Å²) in [6, 6.07) is 29.1. The first-order valence-electron chi connectivity index (χ1n) is 9.80. The third-order valence-electron chi connectivity index (χ3n) is 5.04. The highest BCUT2D eigenvalue weighted by Gasteiger charge is 2.08. The number of hydrogen-bond acceptors (Lipinski definition) is 3. The van der Waals surface area contributed by atoms with E-state index in [1.165, 1.54) is 16.3 Å². The Morgan fingerprint density at radius 1 is 0.793 bits per heavy atom. The molecule has 4 aromatic carbocycles. The maximum Gasteiger partial charge on any atom is 0.161 e. The second-order valence-electron chi connectivity index (χ2n) is 7.13. The Bertz CT molecular complexity index is 1100. The van der Waals surface area contributed by atoms with Crippen molar-refractivity contribution in [3.63, 3.8) is 0 Å². The fourth-order valence-corrected chi connectivity index (χ4v) is 3.39. The Morgan fingerprint density at radius 3 is 2.41 bits per heavy atom. The minimum Gasteiger partial charge on any atom is -0.493 e. The van der Waals surface area contributed by atoms with Gasteiger partial charge in [0.25, 0.3) is 0 Å². The van der Waals surface area contributed by atoms with Crippen molar-refractivity contribution in [1.29, 1.82) is 0 Å². The number of nitrogens with one attached hydrogen (secondary N) is 1. The molecule has 0 unspecified atom stereocenters. The van der Waals surface area contributed by atoms with Gasteiger partial charge in [-0.15, -0.1) is 0 Å². The molecule has 0 saturated carbocycles. The molecule has 146 valence electrons. The molecule has 0 atom stereocenters. The van der Waals surface area contributed by atoms with Gasteiger partial charge in [-0.3, -0.25) is 0 Å². The second kappa shape index (κ2) is 8.70. The van der Waals surface area contributed by atoms with Crippen molar-refractivity contribution in [1.82, 2.24) is 0 Å². The van der Waals surface area contributed by atoms with Crippen molar-refractivity contribution in [2.45, 2.75) is 20.1 Å². The molecule has 29 heavy (non-hydrogen) atoms. The lowest BCUT2D eigenvalue weighted by Gasteiger charge is -2.14. The molecule has 0 bridgehead atoms. The summed E-state index contributed by atoms with van der Waals surface area (Å²) >= 11 is 0. The highest BCUT2D eigenvalue weighted by atomic mass is 16.5. The van der Waals surface area contributed by atoms with Crippen LogP contribution in [0.1, 0.15) is 16.7 Å². The number of fused-ring (bicyclic) bond motifs is 1. The van der Waals surface area contributed by atoms with Crippen LogP contribution in [0.3, 0.4) is 0 Å². The van der Waals surface area contributed by atoms with Crippen LogP contribution in [-0.2, 0) is 13.2 Å². The molecule has 0 spiro atoms. The summed E-state index contributed by atoms with van der Waals surface area (Å²) in [5.41, 5.74) is 4.66. The van der Waals surface area contributed by atoms with E-state index in [0.29, 0.717) is 6.61 Å². The summed E-state index contributed by atoms with van der Waals surface area (Å²) in [7, 11) is 1.68. The maximum atomic E-state index is 6.11. The molecule has 4 aromatic rings. The van der Waals surface area contributed by atoms with Crippen LogP contribution in [0.2, 0.25) is 0 Å². The van der Waals surface area contributed by atoms with Crippen LogP contribution < -0.4 is 14.8 Å². The molecule has 0 amide bonds. The van der Waals surface area contributed by atoms with Gasteiger partial charge in [-0.05, 0) is 53.1 Å². The van der Waals surface area contributed by atoms with Crippen LogP contribution in [0.4, 0.5) is 5.69 Å². The Labute approximate surface area is 171 Å². The highest BCUT2D eigenvalue weighted by Crippen LogP contribution is 2.30. The highest BCUT2D eigenvalue weighted by molar-refractivity contribution is 5.85. The Balaban J connectivity index is 1.45. The first-order valence-corrected chi connectivity index (χ1v) is 9.80. The standard InChI is InChI=1S/C26H25NO2/c1-19-10-13-23(14-11-19)27-17-20-12-15-25(26(16-20)28-2)29-18-22-8-5-7-21-6-3-4-9-24(21)22/h3-16,27H,17-18H2,1-2H3. The summed E-state index contributed by atoms with van der Waals surface area (Å²) in [5.74, 6) is 1.49. The van der Waals surface area contributed by atoms with Gasteiger partial charge in [-0.25, -0.2) is 0 Å². The average Bonchev–Trinajstić information content (AvgIpc) is 2.77. The minimum absolute atomic E-state index is 0.499. The van der Waals surface area contributed by atoms with Gasteiger partial charge in [0, 0.05) is 12.2 Å². The number of benzene rings is 4. The largest absolute Gasteiger partial charge is 0.493 e. The van der Waals surface area contributed by atoms with Gasteiger partial charge in [-0.2, -0.15) is 0 Å². The zero-order valence-electron chi connectivity index (χ0n) is 16.8. The van der Waals surface area contributed by atoms with E-state index >= 15 is 0 Å². The average molecular weight is 383 g/mol. The van der Waals surface area contributed by atoms with E-state index in [1.807, 2.05) is 12.1 Å². The number of rotatable bonds is 7. The monoisotopic (exact) mass is 383 g/mol. The van der Waals surface area contributed by atoms with Crippen LogP contribution >= 0.6 is 0 Å². The molecule has 0 radical (unpaired) electrons. The van der Waals surface area contributed by atoms with E-state index in [9.17, 15) is 0 Å². The molecule has 3 heteroatoms. The fourth-order valence-electron chi connectivity index (χ4n) is 3.39. The minimum atomic E-state index is 0.499. The lowest BCUT2D eigenvalue weighted by Crippen LogP contribution is -2.02. The topological polar surface area (TPSA) is 30.5 Å². The number of aryl methyl sites for hydroxylation is 1. The van der Waals surface area contributed by atoms with Crippen molar-refractivity contribution in [2.75, 3.05) is 12.4 Å². The fraction of sp³-hybridized carbons (Fsp3) is 0.154. The van der Waals surface area contributed by atoms with Crippen LogP contribution in [0.15, 0.2) is 84.9 Å². The van der Waals surface area contributed by atoms with E-state index in [4.69, 9.17) is 9.47 Å². The summed E-state index contributed by atoms with van der Waals surface area (Å²) in [5, 5.41) is 5.88. The molecule has 3 nitrogen and oxygen atoms in total. The van der Waals surface area contributed by atoms with Crippen LogP contribution in [0.5, 0.6) is 11.5 Å². The smallest absolute Gasteiger partial charge is 0.161 e. The van der Waals surface area contributed by atoms with Crippen molar-refractivity contribution < 1.29 is 9.47 Å². The van der Waals surface area contributed by atoms with Gasteiger partial charge in [0.15, 0.2) is 11.5 Å². The van der Waals surface area contributed by atoms with Crippen LogP contribution in [0.25, 0.3) is 10.8 Å². The summed E-state index contributed by atoms with van der Waals surface area (Å²) in [6.45, 7) is 3.31. The number of methoxy groups -OCH3 is 1.